The number of urea groups is 1. The molecular weight excluding hydrogens is 372 g/mol. The Hall–Kier alpha value is -3.39. The van der Waals surface area contributed by atoms with Crippen molar-refractivity contribution in [2.45, 2.75) is 13.5 Å². The second-order valence-corrected chi connectivity index (χ2v) is 6.85. The third-order valence-electron chi connectivity index (χ3n) is 4.83. The molecule has 3 heterocycles. The Morgan fingerprint density at radius 1 is 1.21 bits per heavy atom. The zero-order valence-corrected chi connectivity index (χ0v) is 16.1. The van der Waals surface area contributed by atoms with Gasteiger partial charge in [0.15, 0.2) is 0 Å². The standard InChI is InChI=1S/C21H22N4O4/c1-14-11-19(26)29-18-12-16(4-5-17(14)18)24-21(27)23-13-15-3-2-6-22-20(15)25-7-9-28-10-8-25/h2-6,11-12H,7-10,13H2,1H3,(H2,23,24,27). The van der Waals surface area contributed by atoms with E-state index < -0.39 is 5.63 Å². The molecule has 2 amide bonds. The molecule has 1 aliphatic heterocycles. The molecule has 1 fully saturated rings. The first kappa shape index (κ1) is 18.9. The van der Waals surface area contributed by atoms with Gasteiger partial charge in [-0.2, -0.15) is 0 Å². The van der Waals surface area contributed by atoms with Crippen molar-refractivity contribution in [3.8, 4) is 0 Å². The number of aromatic nitrogens is 1. The molecule has 4 rings (SSSR count). The highest BCUT2D eigenvalue weighted by Crippen LogP contribution is 2.21. The first-order valence-corrected chi connectivity index (χ1v) is 9.46. The Kier molecular flexibility index (Phi) is 5.44. The molecule has 1 saturated heterocycles. The summed E-state index contributed by atoms with van der Waals surface area (Å²) in [7, 11) is 0. The minimum absolute atomic E-state index is 0.341. The number of hydrogen-bond acceptors (Lipinski definition) is 6. The minimum atomic E-state index is -0.413. The zero-order valence-electron chi connectivity index (χ0n) is 16.1. The molecule has 3 aromatic rings. The molecule has 1 aromatic carbocycles. The number of anilines is 2. The third-order valence-corrected chi connectivity index (χ3v) is 4.83. The van der Waals surface area contributed by atoms with Gasteiger partial charge >= 0.3 is 11.7 Å². The molecule has 0 bridgehead atoms. The van der Waals surface area contributed by atoms with E-state index in [1.54, 1.807) is 18.3 Å². The van der Waals surface area contributed by atoms with Crippen LogP contribution in [0, 0.1) is 6.92 Å². The molecule has 2 aromatic heterocycles. The van der Waals surface area contributed by atoms with Gasteiger partial charge in [-0.05, 0) is 30.7 Å². The Balaban J connectivity index is 1.43. The van der Waals surface area contributed by atoms with Crippen molar-refractivity contribution in [2.75, 3.05) is 36.5 Å². The van der Waals surface area contributed by atoms with Gasteiger partial charge in [-0.15, -0.1) is 0 Å². The van der Waals surface area contributed by atoms with Gasteiger partial charge in [0, 0.05) is 54.6 Å². The number of ether oxygens (including phenoxy) is 1. The van der Waals surface area contributed by atoms with Gasteiger partial charge in [-0.1, -0.05) is 6.07 Å². The maximum absolute atomic E-state index is 12.4. The first-order chi connectivity index (χ1) is 14.1. The van der Waals surface area contributed by atoms with Crippen LogP contribution in [0.1, 0.15) is 11.1 Å². The summed E-state index contributed by atoms with van der Waals surface area (Å²) in [5, 5.41) is 6.47. The van der Waals surface area contributed by atoms with Crippen LogP contribution in [0.25, 0.3) is 11.0 Å². The summed E-state index contributed by atoms with van der Waals surface area (Å²) in [4.78, 5) is 30.6. The van der Waals surface area contributed by atoms with Crippen molar-refractivity contribution >= 4 is 28.5 Å². The topological polar surface area (TPSA) is 96.7 Å². The zero-order chi connectivity index (χ0) is 20.2. The molecule has 2 N–H and O–H groups in total. The molecule has 1 aliphatic rings. The lowest BCUT2D eigenvalue weighted by molar-refractivity contribution is 0.122. The predicted molar refractivity (Wildman–Crippen MR) is 110 cm³/mol. The third kappa shape index (κ3) is 4.38. The average molecular weight is 394 g/mol. The second-order valence-electron chi connectivity index (χ2n) is 6.85. The Morgan fingerprint density at radius 3 is 2.86 bits per heavy atom. The first-order valence-electron chi connectivity index (χ1n) is 9.46. The van der Waals surface area contributed by atoms with Gasteiger partial charge in [0.1, 0.15) is 11.4 Å². The van der Waals surface area contributed by atoms with Gasteiger partial charge in [-0.25, -0.2) is 14.6 Å². The van der Waals surface area contributed by atoms with Crippen LogP contribution in [-0.4, -0.2) is 37.3 Å². The minimum Gasteiger partial charge on any atom is -0.423 e. The summed E-state index contributed by atoms with van der Waals surface area (Å²) < 4.78 is 10.6. The number of amides is 2. The number of morpholine rings is 1. The number of pyridine rings is 1. The quantitative estimate of drug-likeness (QED) is 0.661. The summed E-state index contributed by atoms with van der Waals surface area (Å²) in [6.07, 6.45) is 1.75. The predicted octanol–water partition coefficient (Wildman–Crippen LogP) is 2.65. The molecule has 0 saturated carbocycles. The summed E-state index contributed by atoms with van der Waals surface area (Å²) in [6.45, 7) is 5.08. The number of carbonyl (C=O) groups excluding carboxylic acids is 1. The Morgan fingerprint density at radius 2 is 2.03 bits per heavy atom. The van der Waals surface area contributed by atoms with E-state index >= 15 is 0 Å². The van der Waals surface area contributed by atoms with Gasteiger partial charge in [-0.3, -0.25) is 0 Å². The number of nitrogens with zero attached hydrogens (tertiary/aromatic N) is 2. The van der Waals surface area contributed by atoms with E-state index in [0.717, 1.165) is 35.4 Å². The van der Waals surface area contributed by atoms with E-state index in [4.69, 9.17) is 9.15 Å². The highest BCUT2D eigenvalue weighted by Gasteiger charge is 2.16. The fourth-order valence-corrected chi connectivity index (χ4v) is 3.38. The molecule has 0 spiro atoms. The van der Waals surface area contributed by atoms with Crippen molar-refractivity contribution in [3.63, 3.8) is 0 Å². The van der Waals surface area contributed by atoms with E-state index in [9.17, 15) is 9.59 Å². The second kappa shape index (κ2) is 8.32. The number of nitrogens with one attached hydrogen (secondary N) is 2. The van der Waals surface area contributed by atoms with E-state index in [0.29, 0.717) is 31.0 Å². The Labute approximate surface area is 167 Å². The highest BCUT2D eigenvalue weighted by atomic mass is 16.5. The maximum atomic E-state index is 12.4. The van der Waals surface area contributed by atoms with Gasteiger partial charge in [0.05, 0.1) is 13.2 Å². The van der Waals surface area contributed by atoms with Crippen LogP contribution < -0.4 is 21.2 Å². The molecule has 0 unspecified atom stereocenters. The smallest absolute Gasteiger partial charge is 0.336 e. The summed E-state index contributed by atoms with van der Waals surface area (Å²) >= 11 is 0. The van der Waals surface area contributed by atoms with Crippen molar-refractivity contribution in [2.24, 2.45) is 0 Å². The number of aryl methyl sites for hydroxylation is 1. The van der Waals surface area contributed by atoms with Crippen molar-refractivity contribution < 1.29 is 13.9 Å². The number of rotatable bonds is 4. The highest BCUT2D eigenvalue weighted by molar-refractivity contribution is 5.92. The molecular formula is C21H22N4O4. The largest absolute Gasteiger partial charge is 0.423 e. The van der Waals surface area contributed by atoms with Crippen LogP contribution in [-0.2, 0) is 11.3 Å². The van der Waals surface area contributed by atoms with Gasteiger partial charge in [0.25, 0.3) is 0 Å². The number of hydrogen-bond donors (Lipinski definition) is 2. The fourth-order valence-electron chi connectivity index (χ4n) is 3.38. The molecule has 150 valence electrons. The van der Waals surface area contributed by atoms with Crippen LogP contribution in [0.15, 0.2) is 51.8 Å². The van der Waals surface area contributed by atoms with Crippen LogP contribution in [0.3, 0.4) is 0 Å². The maximum Gasteiger partial charge on any atom is 0.336 e. The van der Waals surface area contributed by atoms with Crippen LogP contribution in [0.5, 0.6) is 0 Å². The van der Waals surface area contributed by atoms with Gasteiger partial charge in [0.2, 0.25) is 0 Å². The lowest BCUT2D eigenvalue weighted by Crippen LogP contribution is -2.38. The number of fused-ring (bicyclic) bond motifs is 1. The van der Waals surface area contributed by atoms with E-state index in [1.165, 1.54) is 6.07 Å². The van der Waals surface area contributed by atoms with E-state index in [2.05, 4.69) is 20.5 Å². The molecule has 8 heteroatoms. The molecule has 0 atom stereocenters. The molecule has 29 heavy (non-hydrogen) atoms. The summed E-state index contributed by atoms with van der Waals surface area (Å²) in [6, 6.07) is 10.1. The molecule has 8 nitrogen and oxygen atoms in total. The van der Waals surface area contributed by atoms with Crippen molar-refractivity contribution in [1.82, 2.24) is 10.3 Å². The number of carbonyl (C=O) groups is 1. The molecule has 0 radical (unpaired) electrons. The summed E-state index contributed by atoms with van der Waals surface area (Å²) in [5.41, 5.74) is 2.34. The lowest BCUT2D eigenvalue weighted by atomic mass is 10.1. The van der Waals surface area contributed by atoms with Crippen molar-refractivity contribution in [1.29, 1.82) is 0 Å². The number of benzene rings is 1. The van der Waals surface area contributed by atoms with E-state index in [-0.39, 0.29) is 6.03 Å². The van der Waals surface area contributed by atoms with Crippen LogP contribution >= 0.6 is 0 Å². The summed E-state index contributed by atoms with van der Waals surface area (Å²) in [5.74, 6) is 0.860. The van der Waals surface area contributed by atoms with Crippen LogP contribution in [0.4, 0.5) is 16.3 Å². The molecule has 0 aliphatic carbocycles. The van der Waals surface area contributed by atoms with Crippen LogP contribution in [0.2, 0.25) is 0 Å². The fraction of sp³-hybridized carbons (Fsp3) is 0.286. The average Bonchev–Trinajstić information content (AvgIpc) is 2.73. The lowest BCUT2D eigenvalue weighted by Gasteiger charge is -2.29. The van der Waals surface area contributed by atoms with E-state index in [1.807, 2.05) is 25.1 Å². The SMILES string of the molecule is Cc1cc(=O)oc2cc(NC(=O)NCc3cccnc3N3CCOCC3)ccc12. The normalized spacial score (nSPS) is 14.0. The van der Waals surface area contributed by atoms with Crippen molar-refractivity contribution in [3.05, 3.63) is 64.1 Å². The monoisotopic (exact) mass is 394 g/mol. The van der Waals surface area contributed by atoms with Gasteiger partial charge < -0.3 is 24.7 Å². The Bertz CT molecular complexity index is 1090.